The molecule has 0 bridgehead atoms. The molecule has 0 fully saturated rings. The van der Waals surface area contributed by atoms with Crippen LogP contribution in [-0.2, 0) is 19.1 Å². The van der Waals surface area contributed by atoms with Gasteiger partial charge < -0.3 is 48.7 Å². The number of aliphatic carboxylic acids is 1. The van der Waals surface area contributed by atoms with Crippen molar-refractivity contribution in [3.8, 4) is 0 Å². The molecular formula is C22H33N9O7. The summed E-state index contributed by atoms with van der Waals surface area (Å²) in [7, 11) is 0. The molecule has 38 heavy (non-hydrogen) atoms. The topological polar surface area (TPSA) is 280 Å². The summed E-state index contributed by atoms with van der Waals surface area (Å²) in [6.45, 7) is -0.262. The van der Waals surface area contributed by atoms with Gasteiger partial charge in [-0.2, -0.15) is 0 Å². The van der Waals surface area contributed by atoms with E-state index in [0.29, 0.717) is 0 Å². The minimum atomic E-state index is -1.28. The van der Waals surface area contributed by atoms with E-state index in [2.05, 4.69) is 25.9 Å². The molecule has 1 aromatic carbocycles. The quantitative estimate of drug-likeness (QED) is 0.0389. The van der Waals surface area contributed by atoms with Crippen LogP contribution in [0.3, 0.4) is 0 Å². The first-order chi connectivity index (χ1) is 18.0. The molecule has 0 aromatic heterocycles. The SMILES string of the molecule is NC(N)=NCCCC(NC(=O)CNC(=O)[C@@H](CCCN=C(N)N)NC(=O)OC(=O)c1ccccc1)C(=O)O. The van der Waals surface area contributed by atoms with Crippen LogP contribution >= 0.6 is 0 Å². The maximum Gasteiger partial charge on any atom is 0.415 e. The normalized spacial score (nSPS) is 11.7. The van der Waals surface area contributed by atoms with Gasteiger partial charge in [-0.3, -0.25) is 19.6 Å². The molecule has 0 saturated heterocycles. The molecule has 1 aromatic rings. The summed E-state index contributed by atoms with van der Waals surface area (Å²) >= 11 is 0. The Balaban J connectivity index is 2.70. The number of benzene rings is 1. The van der Waals surface area contributed by atoms with Crippen LogP contribution in [0.1, 0.15) is 36.0 Å². The van der Waals surface area contributed by atoms with E-state index < -0.39 is 48.5 Å². The molecule has 2 atom stereocenters. The van der Waals surface area contributed by atoms with Crippen molar-refractivity contribution < 1.29 is 33.8 Å². The zero-order chi connectivity index (χ0) is 28.5. The largest absolute Gasteiger partial charge is 0.480 e. The standard InChI is InChI=1S/C22H33N9O7/c23-20(24)27-10-4-8-14(31-22(37)38-19(36)13-6-2-1-3-7-13)17(33)29-12-16(32)30-15(18(34)35)9-5-11-28-21(25)26/h1-3,6-7,14-15H,4-5,8-12H2,(H,29,33)(H,30,32)(H,31,37)(H,34,35)(H4,23,24,27)(H4,25,26,28)/t14-,15?/m1/s1. The van der Waals surface area contributed by atoms with Crippen molar-refractivity contribution in [3.63, 3.8) is 0 Å². The van der Waals surface area contributed by atoms with Gasteiger partial charge in [-0.15, -0.1) is 0 Å². The van der Waals surface area contributed by atoms with E-state index in [1.807, 2.05) is 0 Å². The van der Waals surface area contributed by atoms with Crippen molar-refractivity contribution in [3.05, 3.63) is 35.9 Å². The van der Waals surface area contributed by atoms with Crippen molar-refractivity contribution in [2.75, 3.05) is 19.6 Å². The molecule has 16 nitrogen and oxygen atoms in total. The maximum atomic E-state index is 12.7. The monoisotopic (exact) mass is 535 g/mol. The highest BCUT2D eigenvalue weighted by molar-refractivity contribution is 5.97. The fourth-order valence-corrected chi connectivity index (χ4v) is 2.96. The van der Waals surface area contributed by atoms with E-state index in [1.54, 1.807) is 18.2 Å². The van der Waals surface area contributed by atoms with E-state index in [0.717, 1.165) is 0 Å². The Kier molecular flexibility index (Phi) is 13.7. The third-order valence-corrected chi connectivity index (χ3v) is 4.75. The van der Waals surface area contributed by atoms with Crippen molar-refractivity contribution in [2.45, 2.75) is 37.8 Å². The van der Waals surface area contributed by atoms with Crippen molar-refractivity contribution in [1.82, 2.24) is 16.0 Å². The molecule has 12 N–H and O–H groups in total. The number of ether oxygens (including phenoxy) is 1. The molecular weight excluding hydrogens is 502 g/mol. The fourth-order valence-electron chi connectivity index (χ4n) is 2.96. The second kappa shape index (κ2) is 16.7. The molecule has 0 aliphatic heterocycles. The van der Waals surface area contributed by atoms with E-state index in [9.17, 15) is 29.1 Å². The van der Waals surface area contributed by atoms with Crippen LogP contribution in [0, 0.1) is 0 Å². The van der Waals surface area contributed by atoms with Crippen LogP contribution in [0.4, 0.5) is 4.79 Å². The number of nitrogens with one attached hydrogen (secondary N) is 3. The number of aliphatic imine (C=N–C) groups is 2. The van der Waals surface area contributed by atoms with E-state index in [4.69, 9.17) is 27.7 Å². The number of carbonyl (C=O) groups excluding carboxylic acids is 4. The molecule has 0 radical (unpaired) electrons. The third kappa shape index (κ3) is 13.3. The Bertz CT molecular complexity index is 1020. The minimum absolute atomic E-state index is 0.0292. The van der Waals surface area contributed by atoms with Gasteiger partial charge in [-0.25, -0.2) is 14.4 Å². The summed E-state index contributed by atoms with van der Waals surface area (Å²) in [5.74, 6) is -4.07. The molecule has 16 heteroatoms. The lowest BCUT2D eigenvalue weighted by Gasteiger charge is -2.18. The van der Waals surface area contributed by atoms with Gasteiger partial charge in [-0.1, -0.05) is 18.2 Å². The lowest BCUT2D eigenvalue weighted by molar-refractivity contribution is -0.142. The van der Waals surface area contributed by atoms with Crippen LogP contribution in [0.15, 0.2) is 40.3 Å². The highest BCUT2D eigenvalue weighted by Gasteiger charge is 2.25. The average molecular weight is 536 g/mol. The molecule has 0 saturated carbocycles. The number of esters is 1. The number of alkyl carbamates (subject to hydrolysis) is 1. The summed E-state index contributed by atoms with van der Waals surface area (Å²) in [5, 5.41) is 16.2. The molecule has 208 valence electrons. The Morgan fingerprint density at radius 2 is 1.39 bits per heavy atom. The predicted molar refractivity (Wildman–Crippen MR) is 137 cm³/mol. The fraction of sp³-hybridized carbons (Fsp3) is 0.409. The number of rotatable bonds is 15. The molecule has 1 unspecified atom stereocenters. The molecule has 1 rings (SSSR count). The van der Waals surface area contributed by atoms with Crippen molar-refractivity contribution in [1.29, 1.82) is 0 Å². The summed E-state index contributed by atoms with van der Waals surface area (Å²) in [5.41, 5.74) is 21.1. The summed E-state index contributed by atoms with van der Waals surface area (Å²) < 4.78 is 4.72. The highest BCUT2D eigenvalue weighted by Crippen LogP contribution is 2.04. The van der Waals surface area contributed by atoms with Gasteiger partial charge in [0.25, 0.3) is 0 Å². The van der Waals surface area contributed by atoms with Crippen molar-refractivity contribution >= 4 is 41.8 Å². The molecule has 0 heterocycles. The highest BCUT2D eigenvalue weighted by atomic mass is 16.6. The number of nitrogens with zero attached hydrogens (tertiary/aromatic N) is 2. The maximum absolute atomic E-state index is 12.7. The minimum Gasteiger partial charge on any atom is -0.480 e. The second-order valence-electron chi connectivity index (χ2n) is 7.81. The number of carboxylic acids is 1. The number of hydrogen-bond acceptors (Lipinski definition) is 8. The van der Waals surface area contributed by atoms with Crippen LogP contribution < -0.4 is 38.9 Å². The molecule has 0 aliphatic carbocycles. The Labute approximate surface area is 218 Å². The third-order valence-electron chi connectivity index (χ3n) is 4.75. The van der Waals surface area contributed by atoms with E-state index in [1.165, 1.54) is 12.1 Å². The predicted octanol–water partition coefficient (Wildman–Crippen LogP) is -2.29. The Morgan fingerprint density at radius 1 is 0.842 bits per heavy atom. The van der Waals surface area contributed by atoms with Gasteiger partial charge in [0.15, 0.2) is 11.9 Å². The Morgan fingerprint density at radius 3 is 1.92 bits per heavy atom. The second-order valence-corrected chi connectivity index (χ2v) is 7.81. The summed E-state index contributed by atoms with van der Waals surface area (Å²) in [4.78, 5) is 68.2. The van der Waals surface area contributed by atoms with Gasteiger partial charge in [0.05, 0.1) is 12.1 Å². The lowest BCUT2D eigenvalue weighted by Crippen LogP contribution is -2.51. The van der Waals surface area contributed by atoms with Gasteiger partial charge >= 0.3 is 18.0 Å². The van der Waals surface area contributed by atoms with E-state index >= 15 is 0 Å². The van der Waals surface area contributed by atoms with Crippen LogP contribution in [0.5, 0.6) is 0 Å². The number of hydrogen-bond donors (Lipinski definition) is 8. The van der Waals surface area contributed by atoms with Gasteiger partial charge in [0.2, 0.25) is 11.8 Å². The van der Waals surface area contributed by atoms with Crippen LogP contribution in [0.2, 0.25) is 0 Å². The van der Waals surface area contributed by atoms with Crippen LogP contribution in [-0.4, -0.2) is 78.6 Å². The number of carbonyl (C=O) groups is 5. The average Bonchev–Trinajstić information content (AvgIpc) is 2.86. The first kappa shape index (κ1) is 31.1. The number of amides is 3. The number of guanidine groups is 2. The Hall–Kier alpha value is -4.89. The smallest absolute Gasteiger partial charge is 0.415 e. The first-order valence-corrected chi connectivity index (χ1v) is 11.5. The van der Waals surface area contributed by atoms with Crippen molar-refractivity contribution in [2.24, 2.45) is 32.9 Å². The van der Waals surface area contributed by atoms with Crippen LogP contribution in [0.25, 0.3) is 0 Å². The summed E-state index contributed by atoms with van der Waals surface area (Å²) in [6.07, 6.45) is -0.570. The first-order valence-electron chi connectivity index (χ1n) is 11.5. The molecule has 3 amide bonds. The molecule has 0 spiro atoms. The number of nitrogens with two attached hydrogens (primary N) is 4. The number of carboxylic acid groups (broad SMARTS) is 1. The van der Waals surface area contributed by atoms with Gasteiger partial charge in [-0.05, 0) is 37.8 Å². The van der Waals surface area contributed by atoms with Gasteiger partial charge in [0, 0.05) is 13.1 Å². The zero-order valence-electron chi connectivity index (χ0n) is 20.6. The molecule has 0 aliphatic rings. The zero-order valence-corrected chi connectivity index (χ0v) is 20.6. The lowest BCUT2D eigenvalue weighted by atomic mass is 10.1. The summed E-state index contributed by atoms with van der Waals surface area (Å²) in [6, 6.07) is 5.27. The van der Waals surface area contributed by atoms with Gasteiger partial charge in [0.1, 0.15) is 12.1 Å². The van der Waals surface area contributed by atoms with E-state index in [-0.39, 0.29) is 56.3 Å².